The molecule has 1 aliphatic carbocycles. The number of aromatic nitrogens is 1. The van der Waals surface area contributed by atoms with E-state index in [1.807, 2.05) is 19.9 Å². The first-order valence-electron chi connectivity index (χ1n) is 9.66. The Balaban J connectivity index is 1.57. The lowest BCUT2D eigenvalue weighted by atomic mass is 9.65. The average Bonchev–Trinajstić information content (AvgIpc) is 3.23. The molecule has 0 saturated carbocycles. The lowest BCUT2D eigenvalue weighted by Crippen LogP contribution is -2.42. The van der Waals surface area contributed by atoms with Gasteiger partial charge in [-0.25, -0.2) is 4.98 Å². The molecule has 0 unspecified atom stereocenters. The minimum Gasteiger partial charge on any atom is -0.441 e. The molecule has 1 aromatic carbocycles. The van der Waals surface area contributed by atoms with E-state index in [-0.39, 0.29) is 17.1 Å². The van der Waals surface area contributed by atoms with E-state index in [1.54, 1.807) is 36.1 Å². The monoisotopic (exact) mass is 413 g/mol. The molecule has 152 valence electrons. The van der Waals surface area contributed by atoms with Crippen molar-refractivity contribution in [3.05, 3.63) is 52.5 Å². The van der Waals surface area contributed by atoms with Gasteiger partial charge in [0.05, 0.1) is 5.70 Å². The predicted octanol–water partition coefficient (Wildman–Crippen LogP) is 3.98. The summed E-state index contributed by atoms with van der Waals surface area (Å²) in [4.78, 5) is 31.7. The van der Waals surface area contributed by atoms with Gasteiger partial charge in [0.15, 0.2) is 11.5 Å². The molecular weight excluding hydrogens is 390 g/mol. The van der Waals surface area contributed by atoms with Crippen molar-refractivity contribution in [2.45, 2.75) is 33.6 Å². The highest BCUT2D eigenvalue weighted by molar-refractivity contribution is 6.30. The lowest BCUT2D eigenvalue weighted by Gasteiger charge is -2.39. The molecule has 2 aromatic rings. The third kappa shape index (κ3) is 3.46. The standard InChI is InChI=1S/C22H24ClN3O3/c1-13-17(25-19(29-13)14-4-6-15(23)7-5-14)20(28)26-9-8-22(12-26)10-16(24)18(27)21(2,3)11-22/h4-7,10H,8-9,11-12,24H2,1-3H3/t22-/m0/s1. The van der Waals surface area contributed by atoms with Crippen LogP contribution in [0.4, 0.5) is 0 Å². The Bertz CT molecular complexity index is 1020. The quantitative estimate of drug-likeness (QED) is 0.804. The van der Waals surface area contributed by atoms with E-state index in [2.05, 4.69) is 4.98 Å². The minimum absolute atomic E-state index is 0.0205. The molecule has 2 N–H and O–H groups in total. The van der Waals surface area contributed by atoms with Crippen molar-refractivity contribution in [1.82, 2.24) is 9.88 Å². The second kappa shape index (κ2) is 6.73. The summed E-state index contributed by atoms with van der Waals surface area (Å²) < 4.78 is 5.74. The summed E-state index contributed by atoms with van der Waals surface area (Å²) in [7, 11) is 0. The first-order chi connectivity index (χ1) is 13.6. The Morgan fingerprint density at radius 3 is 2.62 bits per heavy atom. The molecule has 2 heterocycles. The van der Waals surface area contributed by atoms with E-state index in [0.29, 0.717) is 47.6 Å². The zero-order valence-electron chi connectivity index (χ0n) is 16.8. The molecule has 0 bridgehead atoms. The number of likely N-dealkylation sites (tertiary alicyclic amines) is 1. The second-order valence-corrected chi connectivity index (χ2v) is 9.20. The number of hydrogen-bond acceptors (Lipinski definition) is 5. The van der Waals surface area contributed by atoms with Crippen LogP contribution < -0.4 is 5.73 Å². The van der Waals surface area contributed by atoms with E-state index < -0.39 is 5.41 Å². The molecule has 1 saturated heterocycles. The number of rotatable bonds is 2. The number of amides is 1. The van der Waals surface area contributed by atoms with E-state index in [4.69, 9.17) is 21.8 Å². The third-order valence-electron chi connectivity index (χ3n) is 5.90. The number of hydrogen-bond donors (Lipinski definition) is 1. The number of allylic oxidation sites excluding steroid dienone is 1. The molecule has 1 aromatic heterocycles. The Hall–Kier alpha value is -2.60. The predicted molar refractivity (Wildman–Crippen MR) is 110 cm³/mol. The Morgan fingerprint density at radius 2 is 1.97 bits per heavy atom. The molecule has 1 fully saturated rings. The Kier molecular flexibility index (Phi) is 4.57. The summed E-state index contributed by atoms with van der Waals surface area (Å²) >= 11 is 5.94. The number of carbonyl (C=O) groups is 2. The van der Waals surface area contributed by atoms with E-state index in [0.717, 1.165) is 12.0 Å². The first kappa shape index (κ1) is 19.7. The molecular formula is C22H24ClN3O3. The first-order valence-corrected chi connectivity index (χ1v) is 10.0. The number of carbonyl (C=O) groups excluding carboxylic acids is 2. The summed E-state index contributed by atoms with van der Waals surface area (Å²) in [6.45, 7) is 6.69. The molecule has 1 amide bonds. The SMILES string of the molecule is Cc1oc(-c2ccc(Cl)cc2)nc1C(=O)N1CC[C@@]2(C=C(N)C(=O)C(C)(C)C2)C1. The number of nitrogens with two attached hydrogens (primary N) is 1. The van der Waals surface area contributed by atoms with Gasteiger partial charge in [-0.05, 0) is 50.1 Å². The molecule has 4 rings (SSSR count). The van der Waals surface area contributed by atoms with Crippen LogP contribution >= 0.6 is 11.6 Å². The second-order valence-electron chi connectivity index (χ2n) is 8.76. The largest absolute Gasteiger partial charge is 0.441 e. The van der Waals surface area contributed by atoms with Crippen LogP contribution in [0.15, 0.2) is 40.5 Å². The van der Waals surface area contributed by atoms with Crippen LogP contribution in [-0.2, 0) is 4.79 Å². The fraction of sp³-hybridized carbons (Fsp3) is 0.409. The zero-order valence-corrected chi connectivity index (χ0v) is 17.5. The number of oxazole rings is 1. The van der Waals surface area contributed by atoms with E-state index in [9.17, 15) is 9.59 Å². The van der Waals surface area contributed by atoms with Crippen LogP contribution in [-0.4, -0.2) is 34.7 Å². The van der Waals surface area contributed by atoms with Gasteiger partial charge >= 0.3 is 0 Å². The van der Waals surface area contributed by atoms with Crippen molar-refractivity contribution in [1.29, 1.82) is 0 Å². The number of ketones is 1. The fourth-order valence-electron chi connectivity index (χ4n) is 4.59. The third-order valence-corrected chi connectivity index (χ3v) is 6.15. The maximum absolute atomic E-state index is 13.2. The highest BCUT2D eigenvalue weighted by Crippen LogP contribution is 2.47. The molecule has 7 heteroatoms. The summed E-state index contributed by atoms with van der Waals surface area (Å²) in [5.74, 6) is 0.693. The highest BCUT2D eigenvalue weighted by atomic mass is 35.5. The van der Waals surface area contributed by atoms with Gasteiger partial charge in [0.2, 0.25) is 5.89 Å². The Morgan fingerprint density at radius 1 is 1.28 bits per heavy atom. The fourth-order valence-corrected chi connectivity index (χ4v) is 4.72. The summed E-state index contributed by atoms with van der Waals surface area (Å²) in [5, 5.41) is 0.622. The molecule has 1 atom stereocenters. The topological polar surface area (TPSA) is 89.4 Å². The van der Waals surface area contributed by atoms with Gasteiger partial charge < -0.3 is 15.1 Å². The van der Waals surface area contributed by atoms with Crippen LogP contribution in [0.3, 0.4) is 0 Å². The van der Waals surface area contributed by atoms with Crippen molar-refractivity contribution >= 4 is 23.3 Å². The molecule has 2 aliphatic rings. The highest BCUT2D eigenvalue weighted by Gasteiger charge is 2.48. The van der Waals surface area contributed by atoms with Crippen LogP contribution in [0.5, 0.6) is 0 Å². The van der Waals surface area contributed by atoms with Crippen molar-refractivity contribution < 1.29 is 14.0 Å². The van der Waals surface area contributed by atoms with Crippen LogP contribution in [0.1, 0.15) is 42.9 Å². The lowest BCUT2D eigenvalue weighted by molar-refractivity contribution is -0.125. The van der Waals surface area contributed by atoms with E-state index >= 15 is 0 Å². The molecule has 6 nitrogen and oxygen atoms in total. The summed E-state index contributed by atoms with van der Waals surface area (Å²) in [6.07, 6.45) is 3.32. The summed E-state index contributed by atoms with van der Waals surface area (Å²) in [5.41, 5.74) is 6.60. The molecule has 0 radical (unpaired) electrons. The van der Waals surface area contributed by atoms with Gasteiger partial charge in [-0.2, -0.15) is 0 Å². The van der Waals surface area contributed by atoms with Crippen molar-refractivity contribution in [3.63, 3.8) is 0 Å². The number of nitrogens with zero attached hydrogens (tertiary/aromatic N) is 2. The molecule has 29 heavy (non-hydrogen) atoms. The number of Topliss-reactive ketones (excluding diaryl/α,β-unsaturated/α-hetero) is 1. The molecule has 1 aliphatic heterocycles. The maximum Gasteiger partial charge on any atom is 0.276 e. The van der Waals surface area contributed by atoms with Gasteiger partial charge in [-0.1, -0.05) is 25.4 Å². The smallest absolute Gasteiger partial charge is 0.276 e. The minimum atomic E-state index is -0.524. The average molecular weight is 414 g/mol. The molecule has 1 spiro atoms. The maximum atomic E-state index is 13.2. The number of halogens is 1. The van der Waals surface area contributed by atoms with Crippen LogP contribution in [0.25, 0.3) is 11.5 Å². The van der Waals surface area contributed by atoms with Crippen LogP contribution in [0.2, 0.25) is 5.02 Å². The van der Waals surface area contributed by atoms with Crippen molar-refractivity contribution in [2.75, 3.05) is 13.1 Å². The van der Waals surface area contributed by atoms with Crippen molar-refractivity contribution in [2.24, 2.45) is 16.6 Å². The number of benzene rings is 1. The van der Waals surface area contributed by atoms with E-state index in [1.165, 1.54) is 0 Å². The van der Waals surface area contributed by atoms with Gasteiger partial charge in [0.25, 0.3) is 5.91 Å². The van der Waals surface area contributed by atoms with Crippen LogP contribution in [0, 0.1) is 17.8 Å². The van der Waals surface area contributed by atoms with Gasteiger partial charge in [-0.3, -0.25) is 9.59 Å². The van der Waals surface area contributed by atoms with Gasteiger partial charge in [0.1, 0.15) is 5.76 Å². The zero-order chi connectivity index (χ0) is 21.0. The van der Waals surface area contributed by atoms with Gasteiger partial charge in [0, 0.05) is 34.5 Å². The van der Waals surface area contributed by atoms with Gasteiger partial charge in [-0.15, -0.1) is 0 Å². The Labute approximate surface area is 174 Å². The normalized spacial score (nSPS) is 23.5. The number of aryl methyl sites for hydroxylation is 1. The van der Waals surface area contributed by atoms with Crippen molar-refractivity contribution in [3.8, 4) is 11.5 Å². The summed E-state index contributed by atoms with van der Waals surface area (Å²) in [6, 6.07) is 7.12.